The lowest BCUT2D eigenvalue weighted by atomic mass is 9.87. The number of hydrogen-bond acceptors (Lipinski definition) is 2. The molecule has 0 atom stereocenters. The van der Waals surface area contributed by atoms with E-state index in [0.717, 1.165) is 5.69 Å². The zero-order valence-electron chi connectivity index (χ0n) is 11.6. The molecule has 1 aromatic carbocycles. The lowest BCUT2D eigenvalue weighted by Gasteiger charge is -2.19. The quantitative estimate of drug-likeness (QED) is 0.900. The van der Waals surface area contributed by atoms with Crippen LogP contribution in [0.2, 0.25) is 0 Å². The molecule has 0 fully saturated rings. The van der Waals surface area contributed by atoms with Crippen molar-refractivity contribution >= 4 is 5.97 Å². The molecule has 4 heteroatoms. The van der Waals surface area contributed by atoms with Gasteiger partial charge < -0.3 is 5.11 Å². The molecule has 0 aliphatic rings. The van der Waals surface area contributed by atoms with Crippen molar-refractivity contribution in [3.63, 3.8) is 0 Å². The average Bonchev–Trinajstić information content (AvgIpc) is 2.70. The van der Waals surface area contributed by atoms with Gasteiger partial charge in [-0.15, -0.1) is 0 Å². The molecule has 1 N–H and O–H groups in total. The minimum atomic E-state index is -0.949. The Balaban J connectivity index is 2.41. The summed E-state index contributed by atoms with van der Waals surface area (Å²) in [6, 6.07) is 8.03. The molecule has 4 nitrogen and oxygen atoms in total. The molecule has 0 saturated heterocycles. The van der Waals surface area contributed by atoms with Gasteiger partial charge in [0.1, 0.15) is 5.56 Å². The summed E-state index contributed by atoms with van der Waals surface area (Å²) < 4.78 is 1.65. The van der Waals surface area contributed by atoms with Crippen LogP contribution >= 0.6 is 0 Å². The van der Waals surface area contributed by atoms with E-state index in [-0.39, 0.29) is 11.0 Å². The van der Waals surface area contributed by atoms with Crippen LogP contribution in [0.3, 0.4) is 0 Å². The zero-order valence-corrected chi connectivity index (χ0v) is 11.6. The smallest absolute Gasteiger partial charge is 0.339 e. The van der Waals surface area contributed by atoms with E-state index < -0.39 is 5.97 Å². The number of carbonyl (C=O) groups is 1. The summed E-state index contributed by atoms with van der Waals surface area (Å²) >= 11 is 0. The number of aromatic carboxylic acids is 1. The maximum absolute atomic E-state index is 11.0. The molecule has 2 rings (SSSR count). The van der Waals surface area contributed by atoms with E-state index in [0.29, 0.717) is 5.69 Å². The van der Waals surface area contributed by atoms with Gasteiger partial charge in [0.2, 0.25) is 0 Å². The van der Waals surface area contributed by atoms with Crippen molar-refractivity contribution in [1.82, 2.24) is 9.78 Å². The Bertz CT molecular complexity index is 604. The fraction of sp³-hybridized carbons (Fsp3) is 0.333. The minimum absolute atomic E-state index is 0.101. The molecule has 100 valence electrons. The Morgan fingerprint density at radius 1 is 1.21 bits per heavy atom. The van der Waals surface area contributed by atoms with Crippen LogP contribution < -0.4 is 0 Å². The summed E-state index contributed by atoms with van der Waals surface area (Å²) in [6.45, 7) is 8.23. The third-order valence-electron chi connectivity index (χ3n) is 3.22. The van der Waals surface area contributed by atoms with Gasteiger partial charge in [-0.2, -0.15) is 5.10 Å². The third kappa shape index (κ3) is 2.52. The van der Waals surface area contributed by atoms with Crippen molar-refractivity contribution < 1.29 is 9.90 Å². The zero-order chi connectivity index (χ0) is 14.2. The summed E-state index contributed by atoms with van der Waals surface area (Å²) in [5.41, 5.74) is 3.08. The number of carboxylic acid groups (broad SMARTS) is 1. The maximum Gasteiger partial charge on any atom is 0.339 e. The predicted molar refractivity (Wildman–Crippen MR) is 74.0 cm³/mol. The van der Waals surface area contributed by atoms with Gasteiger partial charge in [0.25, 0.3) is 0 Å². The molecular formula is C15H18N2O2. The van der Waals surface area contributed by atoms with Gasteiger partial charge in [0.05, 0.1) is 17.6 Å². The normalized spacial score (nSPS) is 11.6. The lowest BCUT2D eigenvalue weighted by molar-refractivity contribution is 0.0696. The Labute approximate surface area is 112 Å². The predicted octanol–water partition coefficient (Wildman–Crippen LogP) is 3.18. The number of aromatic nitrogens is 2. The molecule has 0 saturated carbocycles. The fourth-order valence-corrected chi connectivity index (χ4v) is 1.98. The second-order valence-electron chi connectivity index (χ2n) is 5.66. The molecule has 0 bridgehead atoms. The second kappa shape index (κ2) is 4.53. The minimum Gasteiger partial charge on any atom is -0.478 e. The molecular weight excluding hydrogens is 240 g/mol. The summed E-state index contributed by atoms with van der Waals surface area (Å²) in [6.07, 6.45) is 1.38. The lowest BCUT2D eigenvalue weighted by Crippen LogP contribution is -2.11. The van der Waals surface area contributed by atoms with Crippen LogP contribution in [0.15, 0.2) is 30.5 Å². The molecule has 0 amide bonds. The van der Waals surface area contributed by atoms with Crippen LogP contribution in [-0.4, -0.2) is 20.9 Å². The van der Waals surface area contributed by atoms with Gasteiger partial charge in [0.15, 0.2) is 0 Å². The summed E-state index contributed by atoms with van der Waals surface area (Å²) in [5.74, 6) is -0.949. The van der Waals surface area contributed by atoms with E-state index in [1.165, 1.54) is 11.8 Å². The highest BCUT2D eigenvalue weighted by Crippen LogP contribution is 2.23. The van der Waals surface area contributed by atoms with Crippen molar-refractivity contribution in [1.29, 1.82) is 0 Å². The highest BCUT2D eigenvalue weighted by molar-refractivity contribution is 5.88. The molecule has 0 spiro atoms. The first-order valence-corrected chi connectivity index (χ1v) is 6.19. The maximum atomic E-state index is 11.0. The number of rotatable bonds is 2. The van der Waals surface area contributed by atoms with E-state index >= 15 is 0 Å². The van der Waals surface area contributed by atoms with Gasteiger partial charge in [-0.05, 0) is 30.0 Å². The van der Waals surface area contributed by atoms with E-state index in [1.54, 1.807) is 11.6 Å². The summed E-state index contributed by atoms with van der Waals surface area (Å²) in [5, 5.41) is 13.2. The number of nitrogens with zero attached hydrogens (tertiary/aromatic N) is 2. The molecule has 19 heavy (non-hydrogen) atoms. The highest BCUT2D eigenvalue weighted by Gasteiger charge is 2.16. The molecule has 0 unspecified atom stereocenters. The van der Waals surface area contributed by atoms with Gasteiger partial charge in [-0.25, -0.2) is 9.48 Å². The first-order valence-electron chi connectivity index (χ1n) is 6.19. The van der Waals surface area contributed by atoms with Crippen molar-refractivity contribution in [2.45, 2.75) is 33.1 Å². The van der Waals surface area contributed by atoms with Crippen molar-refractivity contribution in [2.75, 3.05) is 0 Å². The van der Waals surface area contributed by atoms with E-state index in [9.17, 15) is 4.79 Å². The largest absolute Gasteiger partial charge is 0.478 e. The Morgan fingerprint density at radius 2 is 1.79 bits per heavy atom. The van der Waals surface area contributed by atoms with E-state index in [4.69, 9.17) is 5.11 Å². The van der Waals surface area contributed by atoms with Crippen LogP contribution in [0.4, 0.5) is 0 Å². The van der Waals surface area contributed by atoms with E-state index in [2.05, 4.69) is 38.0 Å². The van der Waals surface area contributed by atoms with Crippen LogP contribution in [-0.2, 0) is 5.41 Å². The summed E-state index contributed by atoms with van der Waals surface area (Å²) in [4.78, 5) is 11.0. The van der Waals surface area contributed by atoms with Gasteiger partial charge in [-0.3, -0.25) is 0 Å². The van der Waals surface area contributed by atoms with Gasteiger partial charge in [0, 0.05) is 0 Å². The average molecular weight is 258 g/mol. The third-order valence-corrected chi connectivity index (χ3v) is 3.22. The number of benzene rings is 1. The number of hydrogen-bond donors (Lipinski definition) is 1. The van der Waals surface area contributed by atoms with Crippen molar-refractivity contribution in [3.05, 3.63) is 47.3 Å². The number of carboxylic acids is 1. The Hall–Kier alpha value is -2.10. The fourth-order valence-electron chi connectivity index (χ4n) is 1.98. The van der Waals surface area contributed by atoms with Gasteiger partial charge in [-0.1, -0.05) is 32.9 Å². The van der Waals surface area contributed by atoms with Crippen LogP contribution in [0.25, 0.3) is 5.69 Å². The standard InChI is InChI=1S/C15H18N2O2/c1-10-13(14(18)19)9-16-17(10)12-7-5-11(6-8-12)15(2,3)4/h5-9H,1-4H3,(H,18,19). The van der Waals surface area contributed by atoms with Gasteiger partial charge >= 0.3 is 5.97 Å². The van der Waals surface area contributed by atoms with Crippen LogP contribution in [0, 0.1) is 6.92 Å². The van der Waals surface area contributed by atoms with Crippen molar-refractivity contribution in [2.24, 2.45) is 0 Å². The second-order valence-corrected chi connectivity index (χ2v) is 5.66. The molecule has 0 radical (unpaired) electrons. The molecule has 0 aliphatic heterocycles. The van der Waals surface area contributed by atoms with Crippen LogP contribution in [0.1, 0.15) is 42.4 Å². The SMILES string of the molecule is Cc1c(C(=O)O)cnn1-c1ccc(C(C)(C)C)cc1. The summed E-state index contributed by atoms with van der Waals surface area (Å²) in [7, 11) is 0. The molecule has 2 aromatic rings. The highest BCUT2D eigenvalue weighted by atomic mass is 16.4. The molecule has 1 heterocycles. The molecule has 0 aliphatic carbocycles. The van der Waals surface area contributed by atoms with Crippen molar-refractivity contribution in [3.8, 4) is 5.69 Å². The van der Waals surface area contributed by atoms with Crippen LogP contribution in [0.5, 0.6) is 0 Å². The topological polar surface area (TPSA) is 55.1 Å². The van der Waals surface area contributed by atoms with E-state index in [1.807, 2.05) is 12.1 Å². The first kappa shape index (κ1) is 13.3. The molecule has 1 aromatic heterocycles. The first-order chi connectivity index (χ1) is 8.80. The Kier molecular flexibility index (Phi) is 3.18. The Morgan fingerprint density at radius 3 is 2.21 bits per heavy atom. The monoisotopic (exact) mass is 258 g/mol.